The van der Waals surface area contributed by atoms with Crippen molar-refractivity contribution in [2.45, 2.75) is 56.9 Å². The number of nitrogens with one attached hydrogen (secondary N) is 3. The van der Waals surface area contributed by atoms with Gasteiger partial charge in [0, 0.05) is 36.0 Å². The van der Waals surface area contributed by atoms with Crippen LogP contribution in [0.25, 0.3) is 0 Å². The van der Waals surface area contributed by atoms with E-state index >= 15 is 0 Å². The molecule has 3 N–H and O–H groups in total. The molecule has 3 aromatic heterocycles. The molecule has 4 heterocycles. The number of fused-ring (bicyclic) bond motifs is 1. The smallest absolute Gasteiger partial charge is 0.247 e. The number of aryl methyl sites for hydroxylation is 1. The SMILES string of the molecule is O=C(Nc1cccnc1)C1CCCN1c1nc2c(c(Nc3cc(C4CC4)[nH]n3)n1)CCC2. The van der Waals surface area contributed by atoms with Crippen molar-refractivity contribution in [1.29, 1.82) is 0 Å². The highest BCUT2D eigenvalue weighted by molar-refractivity contribution is 5.96. The average Bonchev–Trinajstić information content (AvgIpc) is 3.20. The molecule has 1 saturated heterocycles. The maximum absolute atomic E-state index is 13.0. The van der Waals surface area contributed by atoms with Crippen LogP contribution in [0.4, 0.5) is 23.3 Å². The third kappa shape index (κ3) is 3.68. The van der Waals surface area contributed by atoms with Crippen molar-refractivity contribution in [3.8, 4) is 0 Å². The molecule has 3 aliphatic rings. The second kappa shape index (κ2) is 7.89. The number of carbonyl (C=O) groups excluding carboxylic acids is 1. The van der Waals surface area contributed by atoms with Crippen molar-refractivity contribution in [2.75, 3.05) is 22.1 Å². The van der Waals surface area contributed by atoms with Gasteiger partial charge in [0.05, 0.1) is 17.6 Å². The Labute approximate surface area is 186 Å². The van der Waals surface area contributed by atoms with E-state index in [1.54, 1.807) is 12.4 Å². The van der Waals surface area contributed by atoms with Crippen molar-refractivity contribution in [3.05, 3.63) is 47.5 Å². The Morgan fingerprint density at radius 2 is 2.09 bits per heavy atom. The Kier molecular flexibility index (Phi) is 4.74. The zero-order valence-electron chi connectivity index (χ0n) is 17.8. The molecule has 9 heteroatoms. The average molecular weight is 431 g/mol. The molecule has 1 unspecified atom stereocenters. The molecule has 2 fully saturated rings. The Hall–Kier alpha value is -3.49. The fraction of sp³-hybridized carbons (Fsp3) is 0.435. The second-order valence-electron chi connectivity index (χ2n) is 8.84. The molecule has 0 radical (unpaired) electrons. The second-order valence-corrected chi connectivity index (χ2v) is 8.84. The number of amides is 1. The molecular weight excluding hydrogens is 404 g/mol. The van der Waals surface area contributed by atoms with Gasteiger partial charge in [0.1, 0.15) is 11.9 Å². The lowest BCUT2D eigenvalue weighted by atomic mass is 10.2. The lowest BCUT2D eigenvalue weighted by Gasteiger charge is -2.25. The molecule has 1 amide bonds. The Balaban J connectivity index is 1.27. The van der Waals surface area contributed by atoms with Crippen LogP contribution in [0.1, 0.15) is 55.0 Å². The minimum absolute atomic E-state index is 0.0458. The molecule has 0 spiro atoms. The monoisotopic (exact) mass is 430 g/mol. The van der Waals surface area contributed by atoms with Crippen molar-refractivity contribution in [1.82, 2.24) is 25.1 Å². The van der Waals surface area contributed by atoms with E-state index in [9.17, 15) is 4.79 Å². The van der Waals surface area contributed by atoms with Crippen LogP contribution in [0, 0.1) is 0 Å². The number of anilines is 4. The first-order valence-electron chi connectivity index (χ1n) is 11.4. The lowest BCUT2D eigenvalue weighted by Crippen LogP contribution is -2.40. The Morgan fingerprint density at radius 1 is 1.16 bits per heavy atom. The van der Waals surface area contributed by atoms with Crippen LogP contribution < -0.4 is 15.5 Å². The van der Waals surface area contributed by atoms with Gasteiger partial charge in [-0.3, -0.25) is 14.9 Å². The highest BCUT2D eigenvalue weighted by Crippen LogP contribution is 2.40. The van der Waals surface area contributed by atoms with E-state index in [-0.39, 0.29) is 11.9 Å². The molecular formula is C23H26N8O. The third-order valence-electron chi connectivity index (χ3n) is 6.52. The molecule has 1 aliphatic heterocycles. The molecule has 1 atom stereocenters. The third-order valence-corrected chi connectivity index (χ3v) is 6.52. The summed E-state index contributed by atoms with van der Waals surface area (Å²) in [5.74, 6) is 2.80. The topological polar surface area (TPSA) is 112 Å². The van der Waals surface area contributed by atoms with Gasteiger partial charge in [-0.2, -0.15) is 10.1 Å². The van der Waals surface area contributed by atoms with Crippen LogP contribution in [0.2, 0.25) is 0 Å². The van der Waals surface area contributed by atoms with Crippen LogP contribution in [-0.2, 0) is 17.6 Å². The minimum Gasteiger partial charge on any atom is -0.329 e. The van der Waals surface area contributed by atoms with Crippen molar-refractivity contribution >= 4 is 29.2 Å². The number of nitrogens with zero attached hydrogens (tertiary/aromatic N) is 5. The predicted octanol–water partition coefficient (Wildman–Crippen LogP) is 3.31. The standard InChI is InChI=1S/C23H26N8O/c32-22(25-15-4-2-10-24-13-15)19-7-3-11-31(19)23-26-17-6-1-5-16(17)21(28-23)27-20-12-18(29-30-20)14-8-9-14/h2,4,10,12-14,19H,1,3,5-9,11H2,(H,25,32)(H2,26,27,28,29,30). The first-order valence-corrected chi connectivity index (χ1v) is 11.4. The van der Waals surface area contributed by atoms with Crippen LogP contribution >= 0.6 is 0 Å². The van der Waals surface area contributed by atoms with E-state index in [4.69, 9.17) is 9.97 Å². The first-order chi connectivity index (χ1) is 15.7. The minimum atomic E-state index is -0.297. The molecule has 0 bridgehead atoms. The molecule has 3 aromatic rings. The Bertz CT molecular complexity index is 1140. The van der Waals surface area contributed by atoms with E-state index < -0.39 is 0 Å². The number of rotatable bonds is 6. The summed E-state index contributed by atoms with van der Waals surface area (Å²) in [4.78, 5) is 28.9. The van der Waals surface area contributed by atoms with Gasteiger partial charge in [-0.25, -0.2) is 4.98 Å². The molecule has 9 nitrogen and oxygen atoms in total. The summed E-state index contributed by atoms with van der Waals surface area (Å²) in [6.07, 6.45) is 10.5. The summed E-state index contributed by atoms with van der Waals surface area (Å²) in [5.41, 5.74) is 4.13. The zero-order chi connectivity index (χ0) is 21.5. The number of aromatic nitrogens is 5. The quantitative estimate of drug-likeness (QED) is 0.550. The number of aromatic amines is 1. The highest BCUT2D eigenvalue weighted by atomic mass is 16.2. The number of pyridine rings is 1. The molecule has 0 aromatic carbocycles. The summed E-state index contributed by atoms with van der Waals surface area (Å²) in [6, 6.07) is 5.45. The summed E-state index contributed by atoms with van der Waals surface area (Å²) in [6.45, 7) is 0.761. The van der Waals surface area contributed by atoms with Gasteiger partial charge in [-0.05, 0) is 57.1 Å². The molecule has 1 saturated carbocycles. The fourth-order valence-corrected chi connectivity index (χ4v) is 4.72. The van der Waals surface area contributed by atoms with Crippen molar-refractivity contribution < 1.29 is 4.79 Å². The van der Waals surface area contributed by atoms with E-state index in [1.165, 1.54) is 24.1 Å². The molecule has 2 aliphatic carbocycles. The van der Waals surface area contributed by atoms with Gasteiger partial charge in [-0.1, -0.05) is 0 Å². The number of hydrogen-bond acceptors (Lipinski definition) is 7. The Morgan fingerprint density at radius 3 is 2.94 bits per heavy atom. The summed E-state index contributed by atoms with van der Waals surface area (Å²) in [7, 11) is 0. The maximum atomic E-state index is 13.0. The van der Waals surface area contributed by atoms with Crippen LogP contribution in [0.3, 0.4) is 0 Å². The maximum Gasteiger partial charge on any atom is 0.247 e. The fourth-order valence-electron chi connectivity index (χ4n) is 4.72. The van der Waals surface area contributed by atoms with Crippen LogP contribution in [0.5, 0.6) is 0 Å². The van der Waals surface area contributed by atoms with Crippen LogP contribution in [0.15, 0.2) is 30.6 Å². The van der Waals surface area contributed by atoms with Gasteiger partial charge in [-0.15, -0.1) is 0 Å². The van der Waals surface area contributed by atoms with E-state index in [0.29, 0.717) is 17.6 Å². The van der Waals surface area contributed by atoms with Gasteiger partial charge < -0.3 is 15.5 Å². The van der Waals surface area contributed by atoms with Crippen molar-refractivity contribution in [2.24, 2.45) is 0 Å². The molecule has 32 heavy (non-hydrogen) atoms. The largest absolute Gasteiger partial charge is 0.329 e. The summed E-state index contributed by atoms with van der Waals surface area (Å²) >= 11 is 0. The van der Waals surface area contributed by atoms with Gasteiger partial charge in [0.15, 0.2) is 5.82 Å². The normalized spacial score (nSPS) is 19.8. The summed E-state index contributed by atoms with van der Waals surface area (Å²) < 4.78 is 0. The number of hydrogen-bond donors (Lipinski definition) is 3. The molecule has 164 valence electrons. The predicted molar refractivity (Wildman–Crippen MR) is 121 cm³/mol. The van der Waals surface area contributed by atoms with Gasteiger partial charge >= 0.3 is 0 Å². The zero-order valence-corrected chi connectivity index (χ0v) is 17.8. The van der Waals surface area contributed by atoms with Crippen LogP contribution in [-0.4, -0.2) is 43.6 Å². The number of carbonyl (C=O) groups is 1. The summed E-state index contributed by atoms with van der Waals surface area (Å²) in [5, 5.41) is 14.0. The van der Waals surface area contributed by atoms with Gasteiger partial charge in [0.2, 0.25) is 11.9 Å². The van der Waals surface area contributed by atoms with E-state index in [2.05, 4.69) is 31.9 Å². The van der Waals surface area contributed by atoms with E-state index in [0.717, 1.165) is 56.0 Å². The first kappa shape index (κ1) is 19.2. The lowest BCUT2D eigenvalue weighted by molar-refractivity contribution is -0.117. The number of H-pyrrole nitrogens is 1. The highest BCUT2D eigenvalue weighted by Gasteiger charge is 2.34. The molecule has 6 rings (SSSR count). The van der Waals surface area contributed by atoms with Crippen molar-refractivity contribution in [3.63, 3.8) is 0 Å². The van der Waals surface area contributed by atoms with Gasteiger partial charge in [0.25, 0.3) is 0 Å². The van der Waals surface area contributed by atoms with E-state index in [1.807, 2.05) is 17.0 Å².